The summed E-state index contributed by atoms with van der Waals surface area (Å²) in [6.07, 6.45) is 0.788. The molecule has 1 atom stereocenters. The number of aliphatic carboxylic acids is 1. The molecule has 18 heavy (non-hydrogen) atoms. The minimum atomic E-state index is -1.06. The molecule has 1 unspecified atom stereocenters. The van der Waals surface area contributed by atoms with Gasteiger partial charge in [-0.1, -0.05) is 0 Å². The largest absolute Gasteiger partial charge is 0.481 e. The van der Waals surface area contributed by atoms with Crippen LogP contribution in [-0.2, 0) is 9.53 Å². The third-order valence-corrected chi connectivity index (χ3v) is 3.79. The lowest BCUT2D eigenvalue weighted by Crippen LogP contribution is -2.60. The molecule has 1 rings (SSSR count). The van der Waals surface area contributed by atoms with Crippen LogP contribution < -0.4 is 10.6 Å². The number of carbonyl (C=O) groups excluding carboxylic acids is 1. The Labute approximate surface area is 107 Å². The van der Waals surface area contributed by atoms with Crippen LogP contribution >= 0.6 is 0 Å². The maximum atomic E-state index is 11.8. The van der Waals surface area contributed by atoms with Gasteiger partial charge >= 0.3 is 12.0 Å². The number of hydrogen-bond donors (Lipinski definition) is 3. The molecule has 0 aromatic carbocycles. The van der Waals surface area contributed by atoms with Crippen molar-refractivity contribution in [1.82, 2.24) is 10.6 Å². The third-order valence-electron chi connectivity index (χ3n) is 3.79. The molecule has 1 fully saturated rings. The van der Waals surface area contributed by atoms with E-state index >= 15 is 0 Å². The molecule has 0 aromatic rings. The fraction of sp³-hybridized carbons (Fsp3) is 0.833. The number of rotatable bonds is 4. The predicted molar refractivity (Wildman–Crippen MR) is 66.4 cm³/mol. The van der Waals surface area contributed by atoms with Crippen LogP contribution in [0, 0.1) is 5.41 Å². The number of amides is 2. The molecule has 0 spiro atoms. The maximum absolute atomic E-state index is 11.8. The highest BCUT2D eigenvalue weighted by Crippen LogP contribution is 2.30. The van der Waals surface area contributed by atoms with Gasteiger partial charge in [-0.3, -0.25) is 4.79 Å². The van der Waals surface area contributed by atoms with E-state index < -0.39 is 16.9 Å². The lowest BCUT2D eigenvalue weighted by atomic mass is 9.74. The zero-order valence-electron chi connectivity index (χ0n) is 11.4. The third kappa shape index (κ3) is 3.13. The monoisotopic (exact) mass is 258 g/mol. The first-order valence-electron chi connectivity index (χ1n) is 6.06. The average molecular weight is 258 g/mol. The Morgan fingerprint density at radius 2 is 1.89 bits per heavy atom. The molecule has 6 nitrogen and oxygen atoms in total. The van der Waals surface area contributed by atoms with Crippen molar-refractivity contribution in [1.29, 1.82) is 0 Å². The fourth-order valence-electron chi connectivity index (χ4n) is 1.58. The van der Waals surface area contributed by atoms with Gasteiger partial charge in [0, 0.05) is 6.61 Å². The molecule has 1 heterocycles. The Morgan fingerprint density at radius 1 is 1.28 bits per heavy atom. The number of carbonyl (C=O) groups is 2. The lowest BCUT2D eigenvalue weighted by molar-refractivity contribution is -0.150. The standard InChI is InChI=1S/C12H22N2O4/c1-11(2,9(15)16)12(3,4)14-10(17)13-8-5-6-18-7-8/h8H,5-7H2,1-4H3,(H,15,16)(H2,13,14,17). The Morgan fingerprint density at radius 3 is 2.33 bits per heavy atom. The maximum Gasteiger partial charge on any atom is 0.315 e. The van der Waals surface area contributed by atoms with E-state index in [-0.39, 0.29) is 12.1 Å². The number of carboxylic acid groups (broad SMARTS) is 1. The van der Waals surface area contributed by atoms with Gasteiger partial charge in [0.2, 0.25) is 0 Å². The van der Waals surface area contributed by atoms with E-state index in [0.29, 0.717) is 13.2 Å². The molecular formula is C12H22N2O4. The van der Waals surface area contributed by atoms with Gasteiger partial charge in [0.25, 0.3) is 0 Å². The van der Waals surface area contributed by atoms with Crippen LogP contribution in [0.3, 0.4) is 0 Å². The Hall–Kier alpha value is -1.30. The Balaban J connectivity index is 2.58. The summed E-state index contributed by atoms with van der Waals surface area (Å²) in [5.74, 6) is -0.947. The van der Waals surface area contributed by atoms with Crippen LogP contribution in [0.4, 0.5) is 4.79 Å². The zero-order chi connectivity index (χ0) is 14.0. The van der Waals surface area contributed by atoms with Crippen molar-refractivity contribution in [2.45, 2.75) is 45.7 Å². The number of nitrogens with one attached hydrogen (secondary N) is 2. The van der Waals surface area contributed by atoms with E-state index in [4.69, 9.17) is 4.74 Å². The highest BCUT2D eigenvalue weighted by atomic mass is 16.5. The van der Waals surface area contributed by atoms with Gasteiger partial charge < -0.3 is 20.5 Å². The molecule has 1 aliphatic rings. The minimum absolute atomic E-state index is 0.00809. The van der Waals surface area contributed by atoms with E-state index in [9.17, 15) is 14.7 Å². The van der Waals surface area contributed by atoms with Gasteiger partial charge in [-0.05, 0) is 34.1 Å². The molecule has 6 heteroatoms. The minimum Gasteiger partial charge on any atom is -0.481 e. The molecule has 0 saturated carbocycles. The van der Waals surface area contributed by atoms with Gasteiger partial charge in [0.05, 0.1) is 23.6 Å². The average Bonchev–Trinajstić information content (AvgIpc) is 2.68. The van der Waals surface area contributed by atoms with Crippen molar-refractivity contribution in [3.63, 3.8) is 0 Å². The van der Waals surface area contributed by atoms with E-state index in [2.05, 4.69) is 10.6 Å². The first-order chi connectivity index (χ1) is 8.17. The molecule has 0 radical (unpaired) electrons. The molecule has 104 valence electrons. The van der Waals surface area contributed by atoms with Crippen LogP contribution in [0.15, 0.2) is 0 Å². The number of urea groups is 1. The van der Waals surface area contributed by atoms with E-state index in [1.165, 1.54) is 0 Å². The van der Waals surface area contributed by atoms with E-state index in [1.54, 1.807) is 27.7 Å². The Bertz CT molecular complexity index is 333. The second-order valence-corrected chi connectivity index (χ2v) is 5.71. The number of carboxylic acids is 1. The number of ether oxygens (including phenoxy) is 1. The predicted octanol–water partition coefficient (Wildman–Crippen LogP) is 0.964. The van der Waals surface area contributed by atoms with Gasteiger partial charge in [-0.25, -0.2) is 4.79 Å². The zero-order valence-corrected chi connectivity index (χ0v) is 11.4. The van der Waals surface area contributed by atoms with Crippen molar-refractivity contribution >= 4 is 12.0 Å². The highest BCUT2D eigenvalue weighted by molar-refractivity contribution is 5.79. The van der Waals surface area contributed by atoms with Crippen LogP contribution in [0.5, 0.6) is 0 Å². The van der Waals surface area contributed by atoms with Gasteiger partial charge in [0.15, 0.2) is 0 Å². The summed E-state index contributed by atoms with van der Waals surface area (Å²) in [6, 6.07) is -0.349. The summed E-state index contributed by atoms with van der Waals surface area (Å²) >= 11 is 0. The first-order valence-corrected chi connectivity index (χ1v) is 6.06. The summed E-state index contributed by atoms with van der Waals surface area (Å²) in [5.41, 5.74) is -1.92. The SMILES string of the molecule is CC(C)(NC(=O)NC1CCOC1)C(C)(C)C(=O)O. The summed E-state index contributed by atoms with van der Waals surface area (Å²) in [4.78, 5) is 23.0. The summed E-state index contributed by atoms with van der Waals surface area (Å²) < 4.78 is 5.16. The number of hydrogen-bond acceptors (Lipinski definition) is 3. The topological polar surface area (TPSA) is 87.7 Å². The molecule has 0 aliphatic carbocycles. The van der Waals surface area contributed by atoms with Crippen molar-refractivity contribution in [3.8, 4) is 0 Å². The summed E-state index contributed by atoms with van der Waals surface area (Å²) in [7, 11) is 0. The van der Waals surface area contributed by atoms with Gasteiger partial charge in [-0.15, -0.1) is 0 Å². The van der Waals surface area contributed by atoms with Crippen LogP contribution in [0.25, 0.3) is 0 Å². The van der Waals surface area contributed by atoms with Crippen molar-refractivity contribution in [3.05, 3.63) is 0 Å². The van der Waals surface area contributed by atoms with Crippen LogP contribution in [0.1, 0.15) is 34.1 Å². The van der Waals surface area contributed by atoms with E-state index in [1.807, 2.05) is 0 Å². The van der Waals surface area contributed by atoms with Gasteiger partial charge in [-0.2, -0.15) is 0 Å². The van der Waals surface area contributed by atoms with Crippen molar-refractivity contribution in [2.75, 3.05) is 13.2 Å². The molecule has 3 N–H and O–H groups in total. The summed E-state index contributed by atoms with van der Waals surface area (Å²) in [5, 5.41) is 14.7. The Kier molecular flexibility index (Phi) is 4.21. The first kappa shape index (κ1) is 14.8. The summed E-state index contributed by atoms with van der Waals surface area (Å²) in [6.45, 7) is 7.74. The second kappa shape index (κ2) is 5.14. The molecular weight excluding hydrogens is 236 g/mol. The smallest absolute Gasteiger partial charge is 0.315 e. The highest BCUT2D eigenvalue weighted by Gasteiger charge is 2.44. The van der Waals surface area contributed by atoms with E-state index in [0.717, 1.165) is 6.42 Å². The van der Waals surface area contributed by atoms with Gasteiger partial charge in [0.1, 0.15) is 0 Å². The molecule has 2 amide bonds. The fourth-order valence-corrected chi connectivity index (χ4v) is 1.58. The van der Waals surface area contributed by atoms with Crippen LogP contribution in [-0.4, -0.2) is 41.9 Å². The van der Waals surface area contributed by atoms with Crippen molar-refractivity contribution in [2.24, 2.45) is 5.41 Å². The molecule has 1 aliphatic heterocycles. The second-order valence-electron chi connectivity index (χ2n) is 5.71. The lowest BCUT2D eigenvalue weighted by Gasteiger charge is -2.38. The van der Waals surface area contributed by atoms with Crippen LogP contribution in [0.2, 0.25) is 0 Å². The molecule has 1 saturated heterocycles. The normalized spacial score (nSPS) is 20.6. The quantitative estimate of drug-likeness (QED) is 0.701. The molecule has 0 bridgehead atoms. The molecule has 0 aromatic heterocycles. The van der Waals surface area contributed by atoms with Crippen molar-refractivity contribution < 1.29 is 19.4 Å².